The maximum atomic E-state index is 12.5. The molecule has 1 aromatic carbocycles. The first-order valence-corrected chi connectivity index (χ1v) is 11.4. The molecular formula is C19H31N5O4S. The zero-order valence-corrected chi connectivity index (χ0v) is 18.0. The highest BCUT2D eigenvalue weighted by Crippen LogP contribution is 2.12. The third-order valence-corrected chi connectivity index (χ3v) is 7.08. The summed E-state index contributed by atoms with van der Waals surface area (Å²) in [7, 11) is -3.42. The van der Waals surface area contributed by atoms with E-state index in [0.29, 0.717) is 52.4 Å². The van der Waals surface area contributed by atoms with Crippen LogP contribution in [0.4, 0.5) is 4.79 Å². The summed E-state index contributed by atoms with van der Waals surface area (Å²) in [5.74, 6) is -0.353. The van der Waals surface area contributed by atoms with Crippen LogP contribution in [0.2, 0.25) is 0 Å². The molecule has 0 unspecified atom stereocenters. The van der Waals surface area contributed by atoms with Gasteiger partial charge in [-0.25, -0.2) is 4.79 Å². The summed E-state index contributed by atoms with van der Waals surface area (Å²) in [6.45, 7) is 7.31. The Hall–Kier alpha value is -2.01. The molecule has 0 radical (unpaired) electrons. The number of piperazine rings is 1. The van der Waals surface area contributed by atoms with E-state index in [1.165, 1.54) is 8.61 Å². The second kappa shape index (κ2) is 11.2. The molecule has 1 fully saturated rings. The summed E-state index contributed by atoms with van der Waals surface area (Å²) in [6.07, 6.45) is 0.182. The summed E-state index contributed by atoms with van der Waals surface area (Å²) in [6, 6.07) is 8.92. The van der Waals surface area contributed by atoms with Gasteiger partial charge in [0.05, 0.1) is 0 Å². The monoisotopic (exact) mass is 425 g/mol. The molecule has 2 rings (SSSR count). The molecule has 1 aromatic rings. The summed E-state index contributed by atoms with van der Waals surface area (Å²) < 4.78 is 28.0. The molecule has 0 aliphatic carbocycles. The smallest absolute Gasteiger partial charge is 0.321 e. The van der Waals surface area contributed by atoms with Gasteiger partial charge in [-0.2, -0.15) is 17.0 Å². The molecule has 0 bridgehead atoms. The van der Waals surface area contributed by atoms with Crippen LogP contribution >= 0.6 is 0 Å². The predicted octanol–water partition coefficient (Wildman–Crippen LogP) is 0.607. The van der Waals surface area contributed by atoms with Crippen LogP contribution in [-0.2, 0) is 21.5 Å². The van der Waals surface area contributed by atoms with Gasteiger partial charge >= 0.3 is 6.03 Å². The number of rotatable bonds is 9. The van der Waals surface area contributed by atoms with Crippen molar-refractivity contribution in [3.8, 4) is 0 Å². The highest BCUT2D eigenvalue weighted by Gasteiger charge is 2.30. The van der Waals surface area contributed by atoms with Gasteiger partial charge in [0.25, 0.3) is 10.2 Å². The number of amides is 3. The van der Waals surface area contributed by atoms with Crippen LogP contribution in [0.1, 0.15) is 25.8 Å². The average Bonchev–Trinajstić information content (AvgIpc) is 2.72. The van der Waals surface area contributed by atoms with E-state index < -0.39 is 16.2 Å². The number of carbonyl (C=O) groups is 2. The fraction of sp³-hybridized carbons (Fsp3) is 0.579. The molecule has 1 heterocycles. The molecule has 0 spiro atoms. The predicted molar refractivity (Wildman–Crippen MR) is 111 cm³/mol. The Morgan fingerprint density at radius 3 is 2.24 bits per heavy atom. The Bertz CT molecular complexity index is 760. The Kier molecular flexibility index (Phi) is 9.02. The topological polar surface area (TPSA) is 102 Å². The SMILES string of the molecule is CCN(CC)S(=O)(=O)N1CCN(CCC(=O)NC(=O)NCc2ccccc2)CC1. The molecule has 162 valence electrons. The van der Waals surface area contributed by atoms with E-state index in [-0.39, 0.29) is 12.3 Å². The second-order valence-electron chi connectivity index (χ2n) is 6.80. The van der Waals surface area contributed by atoms with E-state index in [2.05, 4.69) is 10.6 Å². The molecule has 9 nitrogen and oxygen atoms in total. The van der Waals surface area contributed by atoms with E-state index in [1.54, 1.807) is 0 Å². The van der Waals surface area contributed by atoms with Crippen molar-refractivity contribution in [3.63, 3.8) is 0 Å². The summed E-state index contributed by atoms with van der Waals surface area (Å²) in [5.41, 5.74) is 0.952. The van der Waals surface area contributed by atoms with Gasteiger partial charge in [-0.1, -0.05) is 44.2 Å². The summed E-state index contributed by atoms with van der Waals surface area (Å²) >= 11 is 0. The van der Waals surface area contributed by atoms with Crippen LogP contribution in [0.25, 0.3) is 0 Å². The van der Waals surface area contributed by atoms with E-state index in [1.807, 2.05) is 49.1 Å². The molecule has 2 N–H and O–H groups in total. The van der Waals surface area contributed by atoms with Gasteiger partial charge < -0.3 is 10.2 Å². The van der Waals surface area contributed by atoms with Gasteiger partial charge in [-0.3, -0.25) is 10.1 Å². The molecule has 0 atom stereocenters. The van der Waals surface area contributed by atoms with Crippen LogP contribution in [0, 0.1) is 0 Å². The van der Waals surface area contributed by atoms with Crippen molar-refractivity contribution in [3.05, 3.63) is 35.9 Å². The fourth-order valence-electron chi connectivity index (χ4n) is 3.17. The van der Waals surface area contributed by atoms with Gasteiger partial charge in [0, 0.05) is 58.8 Å². The Morgan fingerprint density at radius 1 is 1.03 bits per heavy atom. The van der Waals surface area contributed by atoms with Crippen molar-refractivity contribution in [2.75, 3.05) is 45.8 Å². The number of hydrogen-bond donors (Lipinski definition) is 2. The van der Waals surface area contributed by atoms with Crippen LogP contribution in [0.3, 0.4) is 0 Å². The standard InChI is InChI=1S/C19H31N5O4S/c1-3-23(4-2)29(27,28)24-14-12-22(13-15-24)11-10-18(25)21-19(26)20-16-17-8-6-5-7-9-17/h5-9H,3-4,10-16H2,1-2H3,(H2,20,21,25,26). The summed E-state index contributed by atoms with van der Waals surface area (Å²) in [5, 5.41) is 4.97. The molecule has 0 saturated carbocycles. The molecule has 29 heavy (non-hydrogen) atoms. The Balaban J connectivity index is 1.68. The highest BCUT2D eigenvalue weighted by molar-refractivity contribution is 7.86. The van der Waals surface area contributed by atoms with E-state index in [0.717, 1.165) is 5.56 Å². The number of urea groups is 1. The minimum Gasteiger partial charge on any atom is -0.334 e. The molecule has 3 amide bonds. The minimum absolute atomic E-state index is 0.182. The molecule has 1 saturated heterocycles. The first-order chi connectivity index (χ1) is 13.9. The number of nitrogens with one attached hydrogen (secondary N) is 2. The number of nitrogens with zero attached hydrogens (tertiary/aromatic N) is 3. The summed E-state index contributed by atoms with van der Waals surface area (Å²) in [4.78, 5) is 25.8. The lowest BCUT2D eigenvalue weighted by atomic mass is 10.2. The van der Waals surface area contributed by atoms with Gasteiger partial charge in [-0.05, 0) is 5.56 Å². The lowest BCUT2D eigenvalue weighted by molar-refractivity contribution is -0.120. The van der Waals surface area contributed by atoms with Gasteiger partial charge in [0.2, 0.25) is 5.91 Å². The molecule has 0 aromatic heterocycles. The van der Waals surface area contributed by atoms with E-state index in [4.69, 9.17) is 0 Å². The largest absolute Gasteiger partial charge is 0.334 e. The molecule has 1 aliphatic heterocycles. The van der Waals surface area contributed by atoms with Crippen molar-refractivity contribution in [2.45, 2.75) is 26.8 Å². The number of hydrogen-bond acceptors (Lipinski definition) is 5. The minimum atomic E-state index is -3.42. The molecular weight excluding hydrogens is 394 g/mol. The maximum Gasteiger partial charge on any atom is 0.321 e. The number of carbonyl (C=O) groups excluding carboxylic acids is 2. The third kappa shape index (κ3) is 7.07. The van der Waals surface area contributed by atoms with Crippen LogP contribution < -0.4 is 10.6 Å². The van der Waals surface area contributed by atoms with E-state index in [9.17, 15) is 18.0 Å². The highest BCUT2D eigenvalue weighted by atomic mass is 32.2. The van der Waals surface area contributed by atoms with Crippen LogP contribution in [0.5, 0.6) is 0 Å². The van der Waals surface area contributed by atoms with Gasteiger partial charge in [-0.15, -0.1) is 0 Å². The van der Waals surface area contributed by atoms with Crippen molar-refractivity contribution in [1.29, 1.82) is 0 Å². The Labute approximate surface area is 173 Å². The first kappa shape index (κ1) is 23.3. The lowest BCUT2D eigenvalue weighted by Crippen LogP contribution is -2.53. The van der Waals surface area contributed by atoms with Crippen molar-refractivity contribution in [1.82, 2.24) is 24.1 Å². The van der Waals surface area contributed by atoms with Crippen molar-refractivity contribution >= 4 is 22.1 Å². The quantitative estimate of drug-likeness (QED) is 0.604. The second-order valence-corrected chi connectivity index (χ2v) is 8.73. The van der Waals surface area contributed by atoms with E-state index >= 15 is 0 Å². The third-order valence-electron chi connectivity index (χ3n) is 4.89. The normalized spacial score (nSPS) is 16.0. The van der Waals surface area contributed by atoms with Crippen molar-refractivity contribution < 1.29 is 18.0 Å². The van der Waals surface area contributed by atoms with Crippen molar-refractivity contribution in [2.24, 2.45) is 0 Å². The zero-order chi connectivity index (χ0) is 21.3. The van der Waals surface area contributed by atoms with Gasteiger partial charge in [0.1, 0.15) is 0 Å². The number of benzene rings is 1. The number of imide groups is 1. The maximum absolute atomic E-state index is 12.5. The molecule has 10 heteroatoms. The van der Waals surface area contributed by atoms with Gasteiger partial charge in [0.15, 0.2) is 0 Å². The average molecular weight is 426 g/mol. The van der Waals surface area contributed by atoms with Crippen LogP contribution in [0.15, 0.2) is 30.3 Å². The Morgan fingerprint density at radius 2 is 1.66 bits per heavy atom. The van der Waals surface area contributed by atoms with Crippen LogP contribution in [-0.4, -0.2) is 79.7 Å². The molecule has 1 aliphatic rings. The zero-order valence-electron chi connectivity index (χ0n) is 17.1. The fourth-order valence-corrected chi connectivity index (χ4v) is 4.77. The first-order valence-electron chi connectivity index (χ1n) is 9.96. The lowest BCUT2D eigenvalue weighted by Gasteiger charge is -2.36.